The van der Waals surface area contributed by atoms with Crippen LogP contribution in [0, 0.1) is 0 Å². The van der Waals surface area contributed by atoms with Crippen LogP contribution in [0.4, 0.5) is 0 Å². The first-order chi connectivity index (χ1) is 27.3. The van der Waals surface area contributed by atoms with Gasteiger partial charge in [-0.1, -0.05) is 121 Å². The Morgan fingerprint density at radius 2 is 0.836 bits per heavy atom. The fourth-order valence-electron chi connectivity index (χ4n) is 8.94. The number of rotatable bonds is 4. The summed E-state index contributed by atoms with van der Waals surface area (Å²) < 4.78 is 7.51. The number of nitrogens with zero attached hydrogens (tertiary/aromatic N) is 2. The Hall–Kier alpha value is -6.94. The first-order valence-electron chi connectivity index (χ1n) is 18.8. The fraction of sp³-hybridized carbons (Fsp3) is 0. The monoisotopic (exact) mass is 716 g/mol. The summed E-state index contributed by atoms with van der Waals surface area (Å²) in [6.07, 6.45) is 0. The standard InChI is InChI=1S/C52H32N2S/c1-2-11-38(12-3-1)53-47-16-8-6-14-41(47)44-30-36(21-27-48(44)53)37-22-28-49-45(31-37)43-26-20-34-10-4-5-13-40(34)52(43)54(49)39-24-18-33(19-25-39)35-23-29-51-46(32-35)42-15-7-9-17-50(42)55-51/h1-32H. The van der Waals surface area contributed by atoms with Crippen molar-refractivity contribution in [1.29, 1.82) is 0 Å². The Morgan fingerprint density at radius 1 is 0.291 bits per heavy atom. The normalized spacial score (nSPS) is 12.0. The maximum Gasteiger partial charge on any atom is 0.0619 e. The number of benzene rings is 9. The Kier molecular flexibility index (Phi) is 6.54. The molecule has 12 rings (SSSR count). The van der Waals surface area contributed by atoms with Crippen molar-refractivity contribution in [3.05, 3.63) is 194 Å². The van der Waals surface area contributed by atoms with Crippen LogP contribution < -0.4 is 0 Å². The first kappa shape index (κ1) is 30.5. The molecule has 3 heterocycles. The average Bonchev–Trinajstić information content (AvgIpc) is 3.91. The number of thiophene rings is 1. The summed E-state index contributed by atoms with van der Waals surface area (Å²) in [7, 11) is 0. The van der Waals surface area contributed by atoms with Gasteiger partial charge in [0.25, 0.3) is 0 Å². The van der Waals surface area contributed by atoms with Gasteiger partial charge in [0.15, 0.2) is 0 Å². The van der Waals surface area contributed by atoms with E-state index in [4.69, 9.17) is 0 Å². The van der Waals surface area contributed by atoms with Gasteiger partial charge < -0.3 is 9.13 Å². The third-order valence-corrected chi connectivity index (χ3v) is 12.7. The van der Waals surface area contributed by atoms with Crippen molar-refractivity contribution in [2.75, 3.05) is 0 Å². The van der Waals surface area contributed by atoms with Crippen molar-refractivity contribution in [1.82, 2.24) is 9.13 Å². The Bertz CT molecular complexity index is 3470. The molecule has 0 bridgehead atoms. The third-order valence-electron chi connectivity index (χ3n) is 11.5. The van der Waals surface area contributed by atoms with Gasteiger partial charge in [0.05, 0.1) is 22.1 Å². The molecule has 2 nitrogen and oxygen atoms in total. The molecule has 0 atom stereocenters. The summed E-state index contributed by atoms with van der Waals surface area (Å²) in [6.45, 7) is 0. The summed E-state index contributed by atoms with van der Waals surface area (Å²) in [5.74, 6) is 0. The summed E-state index contributed by atoms with van der Waals surface area (Å²) in [6, 6.07) is 71.5. The molecule has 0 aliphatic rings. The smallest absolute Gasteiger partial charge is 0.0619 e. The minimum absolute atomic E-state index is 1.16. The Labute approximate surface area is 321 Å². The Morgan fingerprint density at radius 3 is 1.65 bits per heavy atom. The molecule has 12 aromatic rings. The maximum absolute atomic E-state index is 2.47. The van der Waals surface area contributed by atoms with Gasteiger partial charge in [0.2, 0.25) is 0 Å². The lowest BCUT2D eigenvalue weighted by Crippen LogP contribution is -1.94. The van der Waals surface area contributed by atoms with Crippen LogP contribution in [0.1, 0.15) is 0 Å². The number of aromatic nitrogens is 2. The minimum Gasteiger partial charge on any atom is -0.309 e. The molecule has 0 unspecified atom stereocenters. The van der Waals surface area contributed by atoms with Crippen LogP contribution in [0.25, 0.3) is 108 Å². The largest absolute Gasteiger partial charge is 0.309 e. The van der Waals surface area contributed by atoms with Crippen molar-refractivity contribution in [2.24, 2.45) is 0 Å². The summed E-state index contributed by atoms with van der Waals surface area (Å²) in [5.41, 5.74) is 12.1. The van der Waals surface area contributed by atoms with Crippen LogP contribution in [0.2, 0.25) is 0 Å². The zero-order valence-corrected chi connectivity index (χ0v) is 30.6. The van der Waals surface area contributed by atoms with Crippen LogP contribution in [-0.2, 0) is 0 Å². The van der Waals surface area contributed by atoms with E-state index >= 15 is 0 Å². The average molecular weight is 717 g/mol. The molecule has 0 radical (unpaired) electrons. The summed E-state index contributed by atoms with van der Waals surface area (Å²) >= 11 is 1.87. The van der Waals surface area contributed by atoms with Crippen LogP contribution in [0.5, 0.6) is 0 Å². The van der Waals surface area contributed by atoms with Gasteiger partial charge in [-0.15, -0.1) is 11.3 Å². The number of fused-ring (bicyclic) bond motifs is 11. The molecule has 0 aliphatic carbocycles. The van der Waals surface area contributed by atoms with E-state index in [9.17, 15) is 0 Å². The number of para-hydroxylation sites is 2. The number of hydrogen-bond acceptors (Lipinski definition) is 1. The molecule has 0 aliphatic heterocycles. The van der Waals surface area contributed by atoms with E-state index in [-0.39, 0.29) is 0 Å². The minimum atomic E-state index is 1.16. The molecule has 0 spiro atoms. The van der Waals surface area contributed by atoms with Crippen molar-refractivity contribution >= 4 is 85.9 Å². The lowest BCUT2D eigenvalue weighted by molar-refractivity contribution is 1.18. The van der Waals surface area contributed by atoms with Gasteiger partial charge in [-0.2, -0.15) is 0 Å². The fourth-order valence-corrected chi connectivity index (χ4v) is 10.0. The van der Waals surface area contributed by atoms with Gasteiger partial charge in [0, 0.05) is 58.5 Å². The van der Waals surface area contributed by atoms with E-state index < -0.39 is 0 Å². The SMILES string of the molecule is c1ccc(-n2c3ccccc3c3cc(-c4ccc5c(c4)c4ccc6ccccc6c4n5-c4ccc(-c5ccc6sc7ccccc7c6c5)cc4)ccc32)cc1. The summed E-state index contributed by atoms with van der Waals surface area (Å²) in [4.78, 5) is 0. The molecule has 55 heavy (non-hydrogen) atoms. The predicted octanol–water partition coefficient (Wildman–Crippen LogP) is 14.7. The molecule has 0 saturated carbocycles. The second-order valence-electron chi connectivity index (χ2n) is 14.5. The van der Waals surface area contributed by atoms with Crippen molar-refractivity contribution < 1.29 is 0 Å². The molecule has 0 amide bonds. The third kappa shape index (κ3) is 4.60. The van der Waals surface area contributed by atoms with Crippen LogP contribution in [0.15, 0.2) is 194 Å². The van der Waals surface area contributed by atoms with Crippen LogP contribution in [0.3, 0.4) is 0 Å². The molecule has 3 aromatic heterocycles. The van der Waals surface area contributed by atoms with E-state index in [1.165, 1.54) is 102 Å². The highest BCUT2D eigenvalue weighted by Crippen LogP contribution is 2.41. The van der Waals surface area contributed by atoms with Crippen molar-refractivity contribution in [3.63, 3.8) is 0 Å². The molecular formula is C52H32N2S. The van der Waals surface area contributed by atoms with E-state index in [1.54, 1.807) is 0 Å². The van der Waals surface area contributed by atoms with E-state index in [0.717, 1.165) is 5.69 Å². The second kappa shape index (κ2) is 11.8. The molecule has 256 valence electrons. The molecule has 9 aromatic carbocycles. The van der Waals surface area contributed by atoms with Gasteiger partial charge in [0.1, 0.15) is 0 Å². The molecule has 0 fully saturated rings. The highest BCUT2D eigenvalue weighted by Gasteiger charge is 2.18. The van der Waals surface area contributed by atoms with E-state index in [1.807, 2.05) is 11.3 Å². The summed E-state index contributed by atoms with van der Waals surface area (Å²) in [5, 5.41) is 10.2. The predicted molar refractivity (Wildman–Crippen MR) is 236 cm³/mol. The van der Waals surface area contributed by atoms with E-state index in [2.05, 4.69) is 203 Å². The quantitative estimate of drug-likeness (QED) is 0.172. The maximum atomic E-state index is 2.47. The molecule has 0 saturated heterocycles. The Balaban J connectivity index is 1.02. The van der Waals surface area contributed by atoms with E-state index in [0.29, 0.717) is 0 Å². The topological polar surface area (TPSA) is 9.86 Å². The number of hydrogen-bond donors (Lipinski definition) is 0. The first-order valence-corrected chi connectivity index (χ1v) is 19.7. The zero-order chi connectivity index (χ0) is 36.0. The lowest BCUT2D eigenvalue weighted by Gasteiger charge is -2.11. The van der Waals surface area contributed by atoms with Crippen LogP contribution >= 0.6 is 11.3 Å². The van der Waals surface area contributed by atoms with Crippen LogP contribution in [-0.4, -0.2) is 9.13 Å². The molecular weight excluding hydrogens is 685 g/mol. The molecule has 3 heteroatoms. The van der Waals surface area contributed by atoms with Gasteiger partial charge in [-0.05, 0) is 100 Å². The highest BCUT2D eigenvalue weighted by molar-refractivity contribution is 7.25. The van der Waals surface area contributed by atoms with Crippen molar-refractivity contribution in [2.45, 2.75) is 0 Å². The highest BCUT2D eigenvalue weighted by atomic mass is 32.1. The van der Waals surface area contributed by atoms with Crippen molar-refractivity contribution in [3.8, 4) is 33.6 Å². The molecule has 0 N–H and O–H groups in total. The van der Waals surface area contributed by atoms with Gasteiger partial charge in [-0.3, -0.25) is 0 Å². The second-order valence-corrected chi connectivity index (χ2v) is 15.6. The van der Waals surface area contributed by atoms with Gasteiger partial charge >= 0.3 is 0 Å². The van der Waals surface area contributed by atoms with Gasteiger partial charge in [-0.25, -0.2) is 0 Å². The lowest BCUT2D eigenvalue weighted by atomic mass is 10.00. The zero-order valence-electron chi connectivity index (χ0n) is 29.8.